The van der Waals surface area contributed by atoms with E-state index in [1.807, 2.05) is 15.7 Å². The SMILES string of the molecule is CCN(CC)C/C=C/C(=O)N1CCC[C@@H](n2nc(C(=O)Nc3nc4cc(Cl)ccc4o3)c3c2CCN3N)C1. The second-order valence-electron chi connectivity index (χ2n) is 9.59. The largest absolute Gasteiger partial charge is 0.423 e. The molecule has 4 heterocycles. The fraction of sp³-hybridized carbons (Fsp3) is 0.462. The standard InChI is InChI=1S/C26H33ClN8O3/c1-3-32(4-2)12-6-8-22(36)33-13-5-7-18(16-33)35-20-11-14-34(28)24(20)23(31-35)25(37)30-26-29-19-15-17(27)9-10-21(19)38-26/h6,8-10,15,18H,3-5,7,11-14,16,28H2,1-2H3,(H,29,30,37)/b8-6+/t18-/m1/s1. The van der Waals surface area contributed by atoms with Gasteiger partial charge in [-0.15, -0.1) is 0 Å². The summed E-state index contributed by atoms with van der Waals surface area (Å²) in [6, 6.07) is 5.07. The zero-order chi connectivity index (χ0) is 26.8. The van der Waals surface area contributed by atoms with E-state index in [4.69, 9.17) is 27.0 Å². The first-order valence-electron chi connectivity index (χ1n) is 13.1. The maximum Gasteiger partial charge on any atom is 0.302 e. The van der Waals surface area contributed by atoms with Crippen LogP contribution >= 0.6 is 11.6 Å². The lowest BCUT2D eigenvalue weighted by Crippen LogP contribution is -2.40. The minimum atomic E-state index is -0.460. The number of carbonyl (C=O) groups is 2. The molecular weight excluding hydrogens is 508 g/mol. The summed E-state index contributed by atoms with van der Waals surface area (Å²) in [7, 11) is 0. The predicted octanol–water partition coefficient (Wildman–Crippen LogP) is 3.23. The number of rotatable bonds is 8. The number of carbonyl (C=O) groups excluding carboxylic acids is 2. The lowest BCUT2D eigenvalue weighted by atomic mass is 10.1. The smallest absolute Gasteiger partial charge is 0.302 e. The van der Waals surface area contributed by atoms with Crippen molar-refractivity contribution in [2.45, 2.75) is 39.2 Å². The van der Waals surface area contributed by atoms with Gasteiger partial charge in [0.2, 0.25) is 5.91 Å². The zero-order valence-electron chi connectivity index (χ0n) is 21.7. The lowest BCUT2D eigenvalue weighted by molar-refractivity contribution is -0.127. The highest BCUT2D eigenvalue weighted by molar-refractivity contribution is 6.31. The summed E-state index contributed by atoms with van der Waals surface area (Å²) in [6.45, 7) is 8.67. The molecule has 2 amide bonds. The monoisotopic (exact) mass is 540 g/mol. The fourth-order valence-corrected chi connectivity index (χ4v) is 5.31. The van der Waals surface area contributed by atoms with Crippen LogP contribution in [0, 0.1) is 0 Å². The van der Waals surface area contributed by atoms with Gasteiger partial charge >= 0.3 is 6.01 Å². The van der Waals surface area contributed by atoms with E-state index in [0.29, 0.717) is 47.9 Å². The number of hydrazine groups is 1. The normalized spacial score (nSPS) is 17.7. The van der Waals surface area contributed by atoms with E-state index in [1.165, 1.54) is 0 Å². The summed E-state index contributed by atoms with van der Waals surface area (Å²) in [5.41, 5.74) is 2.77. The van der Waals surface area contributed by atoms with Crippen molar-refractivity contribution in [3.8, 4) is 0 Å². The summed E-state index contributed by atoms with van der Waals surface area (Å²) >= 11 is 6.03. The van der Waals surface area contributed by atoms with Crippen LogP contribution in [-0.4, -0.2) is 75.6 Å². The number of likely N-dealkylation sites (N-methyl/N-ethyl adjacent to an activating group) is 1. The lowest BCUT2D eigenvalue weighted by Gasteiger charge is -2.33. The number of anilines is 2. The molecule has 5 rings (SSSR count). The molecule has 11 nitrogen and oxygen atoms in total. The highest BCUT2D eigenvalue weighted by Gasteiger charge is 2.35. The molecule has 2 aliphatic heterocycles. The minimum absolute atomic E-state index is 0.000129. The van der Waals surface area contributed by atoms with Crippen LogP contribution in [0.2, 0.25) is 5.02 Å². The Bertz CT molecular complexity index is 1360. The van der Waals surface area contributed by atoms with Gasteiger partial charge in [0, 0.05) is 43.7 Å². The maximum absolute atomic E-state index is 13.3. The summed E-state index contributed by atoms with van der Waals surface area (Å²) < 4.78 is 7.54. The second kappa shape index (κ2) is 11.1. The van der Waals surface area contributed by atoms with Crippen LogP contribution in [-0.2, 0) is 11.2 Å². The van der Waals surface area contributed by atoms with Gasteiger partial charge in [0.05, 0.1) is 11.7 Å². The van der Waals surface area contributed by atoms with Crippen LogP contribution in [0.5, 0.6) is 0 Å². The van der Waals surface area contributed by atoms with E-state index >= 15 is 0 Å². The number of oxazole rings is 1. The van der Waals surface area contributed by atoms with Crippen LogP contribution < -0.4 is 16.2 Å². The van der Waals surface area contributed by atoms with Crippen molar-refractivity contribution in [2.24, 2.45) is 5.84 Å². The van der Waals surface area contributed by atoms with Crippen molar-refractivity contribution >= 4 is 46.2 Å². The maximum atomic E-state index is 13.3. The molecule has 0 aliphatic carbocycles. The van der Waals surface area contributed by atoms with Crippen molar-refractivity contribution in [3.05, 3.63) is 46.8 Å². The first-order chi connectivity index (χ1) is 18.4. The van der Waals surface area contributed by atoms with Crippen molar-refractivity contribution in [1.82, 2.24) is 24.6 Å². The Morgan fingerprint density at radius 1 is 1.29 bits per heavy atom. The summed E-state index contributed by atoms with van der Waals surface area (Å²) in [6.07, 6.45) is 5.98. The van der Waals surface area contributed by atoms with Gasteiger partial charge in [0.1, 0.15) is 11.2 Å². The molecule has 2 aromatic heterocycles. The van der Waals surface area contributed by atoms with Gasteiger partial charge in [-0.05, 0) is 44.1 Å². The summed E-state index contributed by atoms with van der Waals surface area (Å²) in [5, 5.41) is 9.49. The number of likely N-dealkylation sites (tertiary alicyclic amines) is 1. The van der Waals surface area contributed by atoms with E-state index in [2.05, 4.69) is 29.0 Å². The third-order valence-corrected chi connectivity index (χ3v) is 7.45. The highest BCUT2D eigenvalue weighted by Crippen LogP contribution is 2.34. The topological polar surface area (TPSA) is 126 Å². The Labute approximate surface area is 226 Å². The second-order valence-corrected chi connectivity index (χ2v) is 10.0. The van der Waals surface area contributed by atoms with Crippen LogP contribution in [0.3, 0.4) is 0 Å². The van der Waals surface area contributed by atoms with E-state index in [0.717, 1.165) is 38.2 Å². The van der Waals surface area contributed by atoms with Crippen LogP contribution in [0.25, 0.3) is 11.1 Å². The molecule has 202 valence electrons. The third kappa shape index (κ3) is 5.27. The molecule has 0 spiro atoms. The number of halogens is 1. The number of hydrogen-bond donors (Lipinski definition) is 2. The van der Waals surface area contributed by atoms with Gasteiger partial charge < -0.3 is 19.2 Å². The zero-order valence-corrected chi connectivity index (χ0v) is 22.4. The number of nitrogens with two attached hydrogens (primary N) is 1. The van der Waals surface area contributed by atoms with Crippen LogP contribution in [0.15, 0.2) is 34.8 Å². The first kappa shape index (κ1) is 26.2. The molecule has 3 N–H and O–H groups in total. The molecule has 1 aromatic carbocycles. The Morgan fingerprint density at radius 3 is 2.89 bits per heavy atom. The third-order valence-electron chi connectivity index (χ3n) is 7.22. The minimum Gasteiger partial charge on any atom is -0.423 e. The molecule has 0 radical (unpaired) electrons. The molecule has 1 atom stereocenters. The van der Waals surface area contributed by atoms with Gasteiger partial charge in [-0.3, -0.25) is 19.6 Å². The molecule has 12 heteroatoms. The van der Waals surface area contributed by atoms with Gasteiger partial charge in [0.15, 0.2) is 11.3 Å². The number of benzene rings is 1. The average molecular weight is 541 g/mol. The van der Waals surface area contributed by atoms with E-state index in [1.54, 1.807) is 29.3 Å². The molecular formula is C26H33ClN8O3. The number of hydrogen-bond acceptors (Lipinski definition) is 8. The van der Waals surface area contributed by atoms with E-state index in [-0.39, 0.29) is 23.7 Å². The molecule has 3 aromatic rings. The van der Waals surface area contributed by atoms with Crippen LogP contribution in [0.4, 0.5) is 11.7 Å². The quantitative estimate of drug-likeness (QED) is 0.329. The van der Waals surface area contributed by atoms with Crippen LogP contribution in [0.1, 0.15) is 48.9 Å². The molecule has 1 saturated heterocycles. The van der Waals surface area contributed by atoms with Gasteiger partial charge in [0.25, 0.3) is 5.91 Å². The average Bonchev–Trinajstić information content (AvgIpc) is 3.61. The fourth-order valence-electron chi connectivity index (χ4n) is 5.14. The van der Waals surface area contributed by atoms with E-state index in [9.17, 15) is 9.59 Å². The Balaban J connectivity index is 1.33. The van der Waals surface area contributed by atoms with Gasteiger partial charge in [-0.25, -0.2) is 5.84 Å². The van der Waals surface area contributed by atoms with Crippen molar-refractivity contribution < 1.29 is 14.0 Å². The number of aromatic nitrogens is 3. The Hall–Kier alpha value is -3.41. The van der Waals surface area contributed by atoms with Gasteiger partial charge in [-0.2, -0.15) is 10.1 Å². The van der Waals surface area contributed by atoms with E-state index < -0.39 is 5.91 Å². The number of nitrogens with zero attached hydrogens (tertiary/aromatic N) is 6. The predicted molar refractivity (Wildman–Crippen MR) is 146 cm³/mol. The number of fused-ring (bicyclic) bond motifs is 2. The van der Waals surface area contributed by atoms with Crippen molar-refractivity contribution in [1.29, 1.82) is 0 Å². The summed E-state index contributed by atoms with van der Waals surface area (Å²) in [5.74, 6) is 5.79. The van der Waals surface area contributed by atoms with Crippen molar-refractivity contribution in [3.63, 3.8) is 0 Å². The number of amides is 2. The number of nitrogens with one attached hydrogen (secondary N) is 1. The summed E-state index contributed by atoms with van der Waals surface area (Å²) in [4.78, 5) is 34.6. The highest BCUT2D eigenvalue weighted by atomic mass is 35.5. The molecule has 0 unspecified atom stereocenters. The first-order valence-corrected chi connectivity index (χ1v) is 13.4. The number of piperidine rings is 1. The molecule has 2 aliphatic rings. The van der Waals surface area contributed by atoms with Crippen molar-refractivity contribution in [2.75, 3.05) is 49.6 Å². The Morgan fingerprint density at radius 2 is 2.11 bits per heavy atom. The molecule has 0 bridgehead atoms. The molecule has 0 saturated carbocycles. The molecule has 38 heavy (non-hydrogen) atoms. The van der Waals surface area contributed by atoms with Gasteiger partial charge in [-0.1, -0.05) is 31.5 Å². The molecule has 1 fully saturated rings. The Kier molecular flexibility index (Phi) is 7.68.